The molecule has 3 nitrogen and oxygen atoms in total. The summed E-state index contributed by atoms with van der Waals surface area (Å²) in [7, 11) is 0. The van der Waals surface area contributed by atoms with Gasteiger partial charge in [0.25, 0.3) is 0 Å². The van der Waals surface area contributed by atoms with E-state index in [1.54, 1.807) is 0 Å². The van der Waals surface area contributed by atoms with Crippen LogP contribution >= 0.6 is 0 Å². The molecule has 1 atom stereocenters. The summed E-state index contributed by atoms with van der Waals surface area (Å²) in [6.45, 7) is 0.626. The minimum atomic E-state index is -1.49. The van der Waals surface area contributed by atoms with Gasteiger partial charge in [-0.2, -0.15) is 0 Å². The summed E-state index contributed by atoms with van der Waals surface area (Å²) in [5.41, 5.74) is -1.34. The number of nitrogens with zero attached hydrogens (tertiary/aromatic N) is 1. The van der Waals surface area contributed by atoms with Crippen molar-refractivity contribution in [3.05, 3.63) is 17.5 Å². The third kappa shape index (κ3) is 1.46. The number of rotatable bonds is 2. The van der Waals surface area contributed by atoms with Crippen LogP contribution in [0.4, 0.5) is 4.39 Å². The first-order valence-corrected chi connectivity index (χ1v) is 3.32. The zero-order chi connectivity index (χ0) is 9.19. The van der Waals surface area contributed by atoms with Crippen molar-refractivity contribution in [2.75, 3.05) is 0 Å². The van der Waals surface area contributed by atoms with Gasteiger partial charge < -0.3 is 9.63 Å². The average Bonchev–Trinajstić information content (AvgIpc) is 2.52. The predicted octanol–water partition coefficient (Wildman–Crippen LogP) is 0.985. The van der Waals surface area contributed by atoms with Gasteiger partial charge in [0.05, 0.1) is 0 Å². The van der Waals surface area contributed by atoms with E-state index in [1.807, 2.05) is 0 Å². The van der Waals surface area contributed by atoms with Gasteiger partial charge in [-0.1, -0.05) is 11.1 Å². The second kappa shape index (κ2) is 2.95. The Balaban J connectivity index is 2.98. The summed E-state index contributed by atoms with van der Waals surface area (Å²) in [6.07, 6.45) is 5.01. The summed E-state index contributed by atoms with van der Waals surface area (Å²) in [6, 6.07) is 1.29. The molecular formula is C8H8FNO2. The van der Waals surface area contributed by atoms with Gasteiger partial charge in [-0.25, -0.2) is 4.39 Å². The number of terminal acetylenes is 1. The third-order valence-electron chi connectivity index (χ3n) is 1.47. The minimum absolute atomic E-state index is 0.0560. The summed E-state index contributed by atoms with van der Waals surface area (Å²) < 4.78 is 16.5. The molecule has 0 fully saturated rings. The number of aliphatic hydroxyl groups is 1. The molecule has 1 aromatic rings. The topological polar surface area (TPSA) is 46.3 Å². The molecule has 0 spiro atoms. The quantitative estimate of drug-likeness (QED) is 0.671. The fourth-order valence-corrected chi connectivity index (χ4v) is 0.679. The Hall–Kier alpha value is -1.34. The highest BCUT2D eigenvalue weighted by atomic mass is 19.1. The third-order valence-corrected chi connectivity index (χ3v) is 1.47. The molecule has 1 heterocycles. The van der Waals surface area contributed by atoms with Crippen molar-refractivity contribution in [1.29, 1.82) is 0 Å². The number of aromatic nitrogens is 1. The Morgan fingerprint density at radius 1 is 1.92 bits per heavy atom. The molecule has 0 bridgehead atoms. The molecule has 0 aliphatic carbocycles. The van der Waals surface area contributed by atoms with Crippen LogP contribution < -0.4 is 0 Å². The standard InChI is InChI=1S/C8H8FNO2/c1-3-8(2,11)7-4-6(5-9)12-10-7/h1,4,11H,5H2,2H3. The zero-order valence-corrected chi connectivity index (χ0v) is 6.54. The maximum atomic E-state index is 12.0. The van der Waals surface area contributed by atoms with Crippen LogP contribution in [0.25, 0.3) is 0 Å². The smallest absolute Gasteiger partial charge is 0.168 e. The van der Waals surface area contributed by atoms with Crippen molar-refractivity contribution in [1.82, 2.24) is 5.16 Å². The molecule has 0 aromatic carbocycles. The molecule has 64 valence electrons. The monoisotopic (exact) mass is 169 g/mol. The van der Waals surface area contributed by atoms with Crippen LogP contribution in [-0.2, 0) is 12.3 Å². The fourth-order valence-electron chi connectivity index (χ4n) is 0.679. The first kappa shape index (κ1) is 8.75. The van der Waals surface area contributed by atoms with Crippen molar-refractivity contribution in [2.24, 2.45) is 0 Å². The van der Waals surface area contributed by atoms with Crippen molar-refractivity contribution in [2.45, 2.75) is 19.2 Å². The van der Waals surface area contributed by atoms with E-state index < -0.39 is 12.3 Å². The highest BCUT2D eigenvalue weighted by Crippen LogP contribution is 2.19. The maximum absolute atomic E-state index is 12.0. The summed E-state index contributed by atoms with van der Waals surface area (Å²) >= 11 is 0. The van der Waals surface area contributed by atoms with Crippen LogP contribution in [0.2, 0.25) is 0 Å². The molecule has 0 radical (unpaired) electrons. The van der Waals surface area contributed by atoms with Gasteiger partial charge in [0, 0.05) is 6.07 Å². The molecule has 0 saturated carbocycles. The van der Waals surface area contributed by atoms with Crippen LogP contribution in [0.3, 0.4) is 0 Å². The Bertz CT molecular complexity index is 311. The van der Waals surface area contributed by atoms with Gasteiger partial charge in [0.15, 0.2) is 11.4 Å². The molecule has 0 amide bonds. The predicted molar refractivity (Wildman–Crippen MR) is 39.7 cm³/mol. The molecular weight excluding hydrogens is 161 g/mol. The number of alkyl halides is 1. The molecule has 1 N–H and O–H groups in total. The highest BCUT2D eigenvalue weighted by molar-refractivity contribution is 5.22. The Kier molecular flexibility index (Phi) is 2.15. The molecule has 4 heteroatoms. The Labute approximate surface area is 69.2 Å². The summed E-state index contributed by atoms with van der Waals surface area (Å²) in [5.74, 6) is 2.16. The maximum Gasteiger partial charge on any atom is 0.168 e. The molecule has 0 saturated heterocycles. The van der Waals surface area contributed by atoms with E-state index in [1.165, 1.54) is 13.0 Å². The number of hydrogen-bond donors (Lipinski definition) is 1. The second-order valence-electron chi connectivity index (χ2n) is 2.53. The largest absolute Gasteiger partial charge is 0.372 e. The van der Waals surface area contributed by atoms with Crippen LogP contribution in [0.15, 0.2) is 10.6 Å². The lowest BCUT2D eigenvalue weighted by atomic mass is 10.0. The van der Waals surface area contributed by atoms with E-state index in [0.717, 1.165) is 0 Å². The van der Waals surface area contributed by atoms with Crippen LogP contribution in [0.5, 0.6) is 0 Å². The average molecular weight is 169 g/mol. The second-order valence-corrected chi connectivity index (χ2v) is 2.53. The molecule has 0 aliphatic heterocycles. The molecule has 0 aliphatic rings. The van der Waals surface area contributed by atoms with E-state index in [2.05, 4.69) is 15.6 Å². The van der Waals surface area contributed by atoms with Crippen LogP contribution in [-0.4, -0.2) is 10.3 Å². The lowest BCUT2D eigenvalue weighted by Gasteiger charge is -2.10. The normalized spacial score (nSPS) is 15.2. The first-order valence-electron chi connectivity index (χ1n) is 3.32. The molecule has 12 heavy (non-hydrogen) atoms. The van der Waals surface area contributed by atoms with Gasteiger partial charge in [-0.05, 0) is 6.92 Å². The summed E-state index contributed by atoms with van der Waals surface area (Å²) in [5, 5.41) is 12.8. The lowest BCUT2D eigenvalue weighted by Crippen LogP contribution is -2.18. The Morgan fingerprint density at radius 2 is 2.58 bits per heavy atom. The fraction of sp³-hybridized carbons (Fsp3) is 0.375. The van der Waals surface area contributed by atoms with Gasteiger partial charge in [0.1, 0.15) is 12.4 Å². The highest BCUT2D eigenvalue weighted by Gasteiger charge is 2.24. The van der Waals surface area contributed by atoms with Crippen molar-refractivity contribution < 1.29 is 14.0 Å². The van der Waals surface area contributed by atoms with Crippen LogP contribution in [0.1, 0.15) is 18.4 Å². The number of hydrogen-bond acceptors (Lipinski definition) is 3. The van der Waals surface area contributed by atoms with E-state index in [0.29, 0.717) is 0 Å². The lowest BCUT2D eigenvalue weighted by molar-refractivity contribution is 0.112. The van der Waals surface area contributed by atoms with Crippen molar-refractivity contribution in [3.63, 3.8) is 0 Å². The molecule has 1 aromatic heterocycles. The van der Waals surface area contributed by atoms with Gasteiger partial charge in [0.2, 0.25) is 0 Å². The van der Waals surface area contributed by atoms with E-state index >= 15 is 0 Å². The SMILES string of the molecule is C#CC(C)(O)c1cc(CF)on1. The summed E-state index contributed by atoms with van der Waals surface area (Å²) in [4.78, 5) is 0. The van der Waals surface area contributed by atoms with Crippen molar-refractivity contribution in [3.8, 4) is 12.3 Å². The van der Waals surface area contributed by atoms with Crippen LogP contribution in [0, 0.1) is 12.3 Å². The zero-order valence-electron chi connectivity index (χ0n) is 6.54. The number of halogens is 1. The van der Waals surface area contributed by atoms with E-state index in [-0.39, 0.29) is 11.5 Å². The van der Waals surface area contributed by atoms with E-state index in [9.17, 15) is 9.50 Å². The molecule has 1 rings (SSSR count). The van der Waals surface area contributed by atoms with Gasteiger partial charge in [-0.3, -0.25) is 0 Å². The Morgan fingerprint density at radius 3 is 3.00 bits per heavy atom. The van der Waals surface area contributed by atoms with Gasteiger partial charge in [-0.15, -0.1) is 6.42 Å². The first-order chi connectivity index (χ1) is 5.60. The van der Waals surface area contributed by atoms with E-state index in [4.69, 9.17) is 6.42 Å². The van der Waals surface area contributed by atoms with Crippen molar-refractivity contribution >= 4 is 0 Å². The minimum Gasteiger partial charge on any atom is -0.372 e. The van der Waals surface area contributed by atoms with Gasteiger partial charge >= 0.3 is 0 Å². The molecule has 1 unspecified atom stereocenters.